The minimum atomic E-state index is -0.630. The maximum absolute atomic E-state index is 12.3. The fourth-order valence-corrected chi connectivity index (χ4v) is 2.44. The highest BCUT2D eigenvalue weighted by Crippen LogP contribution is 2.34. The molecule has 0 unspecified atom stereocenters. The van der Waals surface area contributed by atoms with E-state index in [4.69, 9.17) is 19.9 Å². The molecule has 0 radical (unpaired) electrons. The van der Waals surface area contributed by atoms with E-state index in [-0.39, 0.29) is 36.6 Å². The van der Waals surface area contributed by atoms with Crippen molar-refractivity contribution in [2.45, 2.75) is 20.3 Å². The molecule has 2 rings (SSSR count). The lowest BCUT2D eigenvalue weighted by Gasteiger charge is -2.15. The highest BCUT2D eigenvalue weighted by atomic mass is 16.5. The molecule has 0 aliphatic rings. The Morgan fingerprint density at radius 3 is 2.50 bits per heavy atom. The fourth-order valence-electron chi connectivity index (χ4n) is 2.44. The molecule has 0 aliphatic heterocycles. The number of methoxy groups -OCH3 is 1. The van der Waals surface area contributed by atoms with Gasteiger partial charge in [0.2, 0.25) is 0 Å². The van der Waals surface area contributed by atoms with Crippen molar-refractivity contribution in [2.75, 3.05) is 26.1 Å². The molecule has 0 spiro atoms. The van der Waals surface area contributed by atoms with Crippen LogP contribution in [0.25, 0.3) is 10.9 Å². The van der Waals surface area contributed by atoms with Crippen LogP contribution in [-0.4, -0.2) is 37.2 Å². The third kappa shape index (κ3) is 3.40. The van der Waals surface area contributed by atoms with Gasteiger partial charge in [-0.15, -0.1) is 0 Å². The van der Waals surface area contributed by atoms with Crippen molar-refractivity contribution < 1.29 is 23.8 Å². The molecule has 7 heteroatoms. The van der Waals surface area contributed by atoms with E-state index in [2.05, 4.69) is 4.98 Å². The molecule has 2 aromatic rings. The van der Waals surface area contributed by atoms with Crippen LogP contribution in [0.15, 0.2) is 18.2 Å². The van der Waals surface area contributed by atoms with E-state index in [1.54, 1.807) is 32.0 Å². The molecular weight excluding hydrogens is 312 g/mol. The van der Waals surface area contributed by atoms with Crippen molar-refractivity contribution in [3.05, 3.63) is 29.5 Å². The highest BCUT2D eigenvalue weighted by Gasteiger charge is 2.24. The standard InChI is InChI=1S/C17H20N2O5/c1-4-23-13(20)9-11-15(17(21)24-5-2)16(18)14-10(19-11)7-6-8-12(14)22-3/h6-8H,4-5,9H2,1-3H3,(H2,18,19). The molecule has 0 bridgehead atoms. The zero-order valence-corrected chi connectivity index (χ0v) is 13.9. The number of nitrogens with zero attached hydrogens (tertiary/aromatic N) is 1. The molecule has 0 atom stereocenters. The molecule has 24 heavy (non-hydrogen) atoms. The first-order valence-corrected chi connectivity index (χ1v) is 7.61. The lowest BCUT2D eigenvalue weighted by Crippen LogP contribution is -2.17. The van der Waals surface area contributed by atoms with Crippen LogP contribution in [-0.2, 0) is 20.7 Å². The van der Waals surface area contributed by atoms with Crippen molar-refractivity contribution in [3.8, 4) is 5.75 Å². The Morgan fingerprint density at radius 1 is 1.17 bits per heavy atom. The second-order valence-corrected chi connectivity index (χ2v) is 4.90. The number of carbonyl (C=O) groups is 2. The van der Waals surface area contributed by atoms with Gasteiger partial charge in [0.1, 0.15) is 11.3 Å². The average Bonchev–Trinajstić information content (AvgIpc) is 2.54. The summed E-state index contributed by atoms with van der Waals surface area (Å²) in [6, 6.07) is 5.21. The van der Waals surface area contributed by atoms with Crippen LogP contribution < -0.4 is 10.5 Å². The summed E-state index contributed by atoms with van der Waals surface area (Å²) in [5.41, 5.74) is 7.21. The minimum absolute atomic E-state index is 0.0712. The van der Waals surface area contributed by atoms with Crippen molar-refractivity contribution in [2.24, 2.45) is 0 Å². The maximum atomic E-state index is 12.3. The SMILES string of the molecule is CCOC(=O)Cc1nc2cccc(OC)c2c(N)c1C(=O)OCC. The summed E-state index contributed by atoms with van der Waals surface area (Å²) < 4.78 is 15.3. The van der Waals surface area contributed by atoms with Gasteiger partial charge in [-0.25, -0.2) is 4.79 Å². The van der Waals surface area contributed by atoms with Crippen LogP contribution in [0.3, 0.4) is 0 Å². The molecule has 0 amide bonds. The van der Waals surface area contributed by atoms with Crippen LogP contribution in [0.4, 0.5) is 5.69 Å². The van der Waals surface area contributed by atoms with Gasteiger partial charge in [-0.3, -0.25) is 9.78 Å². The smallest absolute Gasteiger partial charge is 0.342 e. The summed E-state index contributed by atoms with van der Waals surface area (Å²) in [6.45, 7) is 3.82. The van der Waals surface area contributed by atoms with E-state index >= 15 is 0 Å². The maximum Gasteiger partial charge on any atom is 0.342 e. The molecule has 0 saturated heterocycles. The van der Waals surface area contributed by atoms with Crippen molar-refractivity contribution in [1.82, 2.24) is 4.98 Å². The first-order chi connectivity index (χ1) is 11.5. The monoisotopic (exact) mass is 332 g/mol. The number of nitrogens with two attached hydrogens (primary N) is 1. The van der Waals surface area contributed by atoms with Crippen LogP contribution >= 0.6 is 0 Å². The van der Waals surface area contributed by atoms with Gasteiger partial charge in [0.15, 0.2) is 0 Å². The Morgan fingerprint density at radius 2 is 1.88 bits per heavy atom. The van der Waals surface area contributed by atoms with Crippen molar-refractivity contribution >= 4 is 28.5 Å². The fraction of sp³-hybridized carbons (Fsp3) is 0.353. The Hall–Kier alpha value is -2.83. The van der Waals surface area contributed by atoms with Gasteiger partial charge in [0.05, 0.1) is 49.0 Å². The van der Waals surface area contributed by atoms with Crippen LogP contribution in [0, 0.1) is 0 Å². The number of aromatic nitrogens is 1. The topological polar surface area (TPSA) is 101 Å². The predicted molar refractivity (Wildman–Crippen MR) is 89.0 cm³/mol. The Bertz CT molecular complexity index is 773. The zero-order chi connectivity index (χ0) is 17.7. The molecule has 0 aliphatic carbocycles. The quantitative estimate of drug-likeness (QED) is 0.808. The number of ether oxygens (including phenoxy) is 3. The van der Waals surface area contributed by atoms with Crippen LogP contribution in [0.1, 0.15) is 29.9 Å². The Labute approximate surface area is 139 Å². The Balaban J connectivity index is 2.68. The molecule has 7 nitrogen and oxygen atoms in total. The number of anilines is 1. The lowest BCUT2D eigenvalue weighted by atomic mass is 10.0. The Kier molecular flexibility index (Phi) is 5.57. The van der Waals surface area contributed by atoms with Crippen LogP contribution in [0.5, 0.6) is 5.75 Å². The van der Waals surface area contributed by atoms with Gasteiger partial charge >= 0.3 is 11.9 Å². The molecule has 1 heterocycles. The second-order valence-electron chi connectivity index (χ2n) is 4.90. The van der Waals surface area contributed by atoms with Gasteiger partial charge in [-0.1, -0.05) is 6.07 Å². The lowest BCUT2D eigenvalue weighted by molar-refractivity contribution is -0.142. The van der Waals surface area contributed by atoms with Gasteiger partial charge in [-0.2, -0.15) is 0 Å². The second kappa shape index (κ2) is 7.63. The average molecular weight is 332 g/mol. The zero-order valence-electron chi connectivity index (χ0n) is 13.9. The largest absolute Gasteiger partial charge is 0.496 e. The molecule has 128 valence electrons. The molecule has 1 aromatic heterocycles. The number of hydrogen-bond donors (Lipinski definition) is 1. The van der Waals surface area contributed by atoms with E-state index in [1.165, 1.54) is 7.11 Å². The van der Waals surface area contributed by atoms with E-state index in [0.717, 1.165) is 0 Å². The first kappa shape index (κ1) is 17.5. The molecule has 0 fully saturated rings. The van der Waals surface area contributed by atoms with Crippen LogP contribution in [0.2, 0.25) is 0 Å². The van der Waals surface area contributed by atoms with E-state index in [1.807, 2.05) is 0 Å². The molecule has 2 N–H and O–H groups in total. The molecule has 0 saturated carbocycles. The summed E-state index contributed by atoms with van der Waals surface area (Å²) >= 11 is 0. The normalized spacial score (nSPS) is 10.5. The number of benzene rings is 1. The predicted octanol–water partition coefficient (Wildman–Crippen LogP) is 2.11. The van der Waals surface area contributed by atoms with Gasteiger partial charge in [0, 0.05) is 0 Å². The van der Waals surface area contributed by atoms with Crippen molar-refractivity contribution in [3.63, 3.8) is 0 Å². The molecular formula is C17H20N2O5. The number of hydrogen-bond acceptors (Lipinski definition) is 7. The van der Waals surface area contributed by atoms with E-state index in [9.17, 15) is 9.59 Å². The van der Waals surface area contributed by atoms with Gasteiger partial charge < -0.3 is 19.9 Å². The van der Waals surface area contributed by atoms with E-state index < -0.39 is 11.9 Å². The summed E-state index contributed by atoms with van der Waals surface area (Å²) in [6.07, 6.45) is -0.167. The third-order valence-corrected chi connectivity index (χ3v) is 3.40. The third-order valence-electron chi connectivity index (χ3n) is 3.40. The number of pyridine rings is 1. The van der Waals surface area contributed by atoms with E-state index in [0.29, 0.717) is 16.7 Å². The summed E-state index contributed by atoms with van der Waals surface area (Å²) in [4.78, 5) is 28.6. The number of nitrogen functional groups attached to an aromatic ring is 1. The number of carbonyl (C=O) groups excluding carboxylic acids is 2. The van der Waals surface area contributed by atoms with Gasteiger partial charge in [-0.05, 0) is 26.0 Å². The van der Waals surface area contributed by atoms with Gasteiger partial charge in [0.25, 0.3) is 0 Å². The number of rotatable bonds is 6. The summed E-state index contributed by atoms with van der Waals surface area (Å²) in [5, 5.41) is 0.510. The minimum Gasteiger partial charge on any atom is -0.496 e. The van der Waals surface area contributed by atoms with Crippen molar-refractivity contribution in [1.29, 1.82) is 0 Å². The molecule has 1 aromatic carbocycles. The number of fused-ring (bicyclic) bond motifs is 1. The highest BCUT2D eigenvalue weighted by molar-refractivity contribution is 6.07. The first-order valence-electron chi connectivity index (χ1n) is 7.61. The number of esters is 2. The summed E-state index contributed by atoms with van der Waals surface area (Å²) in [5.74, 6) is -0.627. The summed E-state index contributed by atoms with van der Waals surface area (Å²) in [7, 11) is 1.50.